The van der Waals surface area contributed by atoms with E-state index in [0.29, 0.717) is 39.1 Å². The molecule has 0 radical (unpaired) electrons. The Hall–Kier alpha value is -1.18. The fraction of sp³-hybridized carbons (Fsp3) is 0.917. The van der Waals surface area contributed by atoms with Gasteiger partial charge in [0.05, 0.1) is 39.0 Å². The third kappa shape index (κ3) is 21.8. The quantitative estimate of drug-likeness (QED) is 0.181. The van der Waals surface area contributed by atoms with Gasteiger partial charge in [-0.1, -0.05) is 65.2 Å². The number of carbonyl (C=O) groups is 2. The number of esters is 2. The van der Waals surface area contributed by atoms with Crippen LogP contribution in [-0.4, -0.2) is 63.2 Å². The van der Waals surface area contributed by atoms with E-state index >= 15 is 0 Å². The zero-order chi connectivity index (χ0) is 23.0. The molecule has 0 aromatic rings. The number of rotatable bonds is 23. The first-order valence-electron chi connectivity index (χ1n) is 12.3. The van der Waals surface area contributed by atoms with Gasteiger partial charge in [-0.25, -0.2) is 0 Å². The lowest BCUT2D eigenvalue weighted by molar-refractivity contribution is -0.150. The molecule has 0 heterocycles. The number of aliphatic hydroxyl groups is 1. The Balaban J connectivity index is 4.16. The van der Waals surface area contributed by atoms with Crippen LogP contribution in [-0.2, 0) is 23.8 Å². The molecule has 0 amide bonds. The molecule has 0 aromatic heterocycles. The molecule has 7 nitrogen and oxygen atoms in total. The summed E-state index contributed by atoms with van der Waals surface area (Å²) in [5.74, 6) is -0.576. The highest BCUT2D eigenvalue weighted by atomic mass is 16.6. The second-order valence-electron chi connectivity index (χ2n) is 8.11. The van der Waals surface area contributed by atoms with Gasteiger partial charge in [-0.15, -0.1) is 0 Å². The van der Waals surface area contributed by atoms with E-state index < -0.39 is 0 Å². The summed E-state index contributed by atoms with van der Waals surface area (Å²) in [7, 11) is 0. The van der Waals surface area contributed by atoms with Gasteiger partial charge in [-0.2, -0.15) is 0 Å². The summed E-state index contributed by atoms with van der Waals surface area (Å²) in [6.07, 6.45) is 11.7. The molecule has 184 valence electrons. The van der Waals surface area contributed by atoms with Gasteiger partial charge in [0.25, 0.3) is 0 Å². The molecule has 0 aliphatic carbocycles. The minimum Gasteiger partial charge on any atom is -0.465 e. The molecule has 0 saturated carbocycles. The Morgan fingerprint density at radius 3 is 1.74 bits per heavy atom. The number of unbranched alkanes of at least 4 members (excludes halogenated alkanes) is 8. The minimum absolute atomic E-state index is 0.0887. The fourth-order valence-electron chi connectivity index (χ4n) is 3.05. The maximum atomic E-state index is 12.0. The van der Waals surface area contributed by atoms with Crippen molar-refractivity contribution in [3.63, 3.8) is 0 Å². The molecule has 31 heavy (non-hydrogen) atoms. The Bertz CT molecular complexity index is 389. The van der Waals surface area contributed by atoms with Gasteiger partial charge < -0.3 is 24.6 Å². The summed E-state index contributed by atoms with van der Waals surface area (Å²) >= 11 is 0. The molecule has 0 fully saturated rings. The molecular weight excluding hydrogens is 398 g/mol. The minimum atomic E-state index is -0.201. The fourth-order valence-corrected chi connectivity index (χ4v) is 3.05. The molecule has 0 bridgehead atoms. The van der Waals surface area contributed by atoms with Gasteiger partial charge in [0, 0.05) is 25.9 Å². The van der Waals surface area contributed by atoms with E-state index in [2.05, 4.69) is 19.2 Å². The summed E-state index contributed by atoms with van der Waals surface area (Å²) in [6, 6.07) is 0. The first-order chi connectivity index (χ1) is 15.1. The molecular formula is C24H47NO6. The highest BCUT2D eigenvalue weighted by molar-refractivity contribution is 5.69. The molecule has 0 aliphatic rings. The molecule has 0 rings (SSSR count). The van der Waals surface area contributed by atoms with E-state index in [1.165, 1.54) is 25.7 Å². The van der Waals surface area contributed by atoms with E-state index in [1.807, 2.05) is 0 Å². The van der Waals surface area contributed by atoms with Gasteiger partial charge in [0.2, 0.25) is 0 Å². The molecule has 0 aliphatic heterocycles. The van der Waals surface area contributed by atoms with Crippen LogP contribution in [0.5, 0.6) is 0 Å². The lowest BCUT2D eigenvalue weighted by Gasteiger charge is -2.18. The number of hydrogen-bond acceptors (Lipinski definition) is 7. The van der Waals surface area contributed by atoms with E-state index in [-0.39, 0.29) is 37.7 Å². The molecule has 0 atom stereocenters. The third-order valence-corrected chi connectivity index (χ3v) is 4.99. The van der Waals surface area contributed by atoms with E-state index in [0.717, 1.165) is 38.5 Å². The lowest BCUT2D eigenvalue weighted by Crippen LogP contribution is -2.28. The Kier molecular flexibility index (Phi) is 22.6. The summed E-state index contributed by atoms with van der Waals surface area (Å²) < 4.78 is 16.4. The Morgan fingerprint density at radius 1 is 0.742 bits per heavy atom. The first kappa shape index (κ1) is 29.8. The molecule has 0 spiro atoms. The van der Waals surface area contributed by atoms with E-state index in [1.54, 1.807) is 0 Å². The summed E-state index contributed by atoms with van der Waals surface area (Å²) in [5, 5.41) is 11.8. The van der Waals surface area contributed by atoms with Crippen LogP contribution in [0, 0.1) is 5.92 Å². The molecule has 0 saturated heterocycles. The predicted molar refractivity (Wildman–Crippen MR) is 123 cm³/mol. The average molecular weight is 446 g/mol. The van der Waals surface area contributed by atoms with Crippen LogP contribution in [0.25, 0.3) is 0 Å². The van der Waals surface area contributed by atoms with E-state index in [4.69, 9.17) is 19.3 Å². The van der Waals surface area contributed by atoms with Crippen molar-refractivity contribution < 1.29 is 28.9 Å². The average Bonchev–Trinajstić information content (AvgIpc) is 2.77. The molecule has 0 unspecified atom stereocenters. The highest BCUT2D eigenvalue weighted by Crippen LogP contribution is 2.09. The monoisotopic (exact) mass is 445 g/mol. The number of ether oxygens (including phenoxy) is 3. The van der Waals surface area contributed by atoms with Crippen molar-refractivity contribution in [1.29, 1.82) is 0 Å². The first-order valence-corrected chi connectivity index (χ1v) is 12.3. The normalized spacial score (nSPS) is 11.1. The maximum Gasteiger partial charge on any atom is 0.305 e. The number of hydrogen-bond donors (Lipinski definition) is 2. The summed E-state index contributed by atoms with van der Waals surface area (Å²) in [6.45, 7) is 6.80. The SMILES string of the molecule is CCCCCCCC(=O)OCC(COCCNCCO)COC(=O)CCCCCCC. The zero-order valence-corrected chi connectivity index (χ0v) is 20.0. The van der Waals surface area contributed by atoms with Crippen molar-refractivity contribution in [2.24, 2.45) is 5.92 Å². The molecule has 2 N–H and O–H groups in total. The van der Waals surface area contributed by atoms with Crippen molar-refractivity contribution in [3.8, 4) is 0 Å². The van der Waals surface area contributed by atoms with Gasteiger partial charge >= 0.3 is 11.9 Å². The zero-order valence-electron chi connectivity index (χ0n) is 20.0. The highest BCUT2D eigenvalue weighted by Gasteiger charge is 2.15. The summed E-state index contributed by atoms with van der Waals surface area (Å²) in [4.78, 5) is 24.0. The van der Waals surface area contributed by atoms with Crippen molar-refractivity contribution in [3.05, 3.63) is 0 Å². The van der Waals surface area contributed by atoms with Crippen molar-refractivity contribution in [2.75, 3.05) is 46.1 Å². The Morgan fingerprint density at radius 2 is 1.26 bits per heavy atom. The van der Waals surface area contributed by atoms with Gasteiger partial charge in [-0.3, -0.25) is 9.59 Å². The van der Waals surface area contributed by atoms with E-state index in [9.17, 15) is 9.59 Å². The Labute approximate surface area is 189 Å². The third-order valence-electron chi connectivity index (χ3n) is 4.99. The standard InChI is InChI=1S/C24H47NO6/c1-3-5-7-9-11-13-23(27)30-20-22(19-29-18-16-25-15-17-26)21-31-24(28)14-12-10-8-6-4-2/h22,25-26H,3-21H2,1-2H3. The van der Waals surface area contributed by atoms with Crippen LogP contribution in [0.1, 0.15) is 90.9 Å². The van der Waals surface area contributed by atoms with Crippen molar-refractivity contribution in [2.45, 2.75) is 90.9 Å². The van der Waals surface area contributed by atoms with Crippen LogP contribution in [0.15, 0.2) is 0 Å². The van der Waals surface area contributed by atoms with Crippen molar-refractivity contribution >= 4 is 11.9 Å². The second-order valence-corrected chi connectivity index (χ2v) is 8.11. The van der Waals surface area contributed by atoms with Gasteiger partial charge in [0.1, 0.15) is 0 Å². The molecule has 7 heteroatoms. The summed E-state index contributed by atoms with van der Waals surface area (Å²) in [5.41, 5.74) is 0. The van der Waals surface area contributed by atoms with Crippen LogP contribution in [0.3, 0.4) is 0 Å². The van der Waals surface area contributed by atoms with Crippen LogP contribution in [0.4, 0.5) is 0 Å². The van der Waals surface area contributed by atoms with Gasteiger partial charge in [0.15, 0.2) is 0 Å². The van der Waals surface area contributed by atoms with Gasteiger partial charge in [-0.05, 0) is 12.8 Å². The van der Waals surface area contributed by atoms with Crippen molar-refractivity contribution in [1.82, 2.24) is 5.32 Å². The topological polar surface area (TPSA) is 94.1 Å². The van der Waals surface area contributed by atoms with Crippen LogP contribution < -0.4 is 5.32 Å². The number of carbonyl (C=O) groups excluding carboxylic acids is 2. The predicted octanol–water partition coefficient (Wildman–Crippen LogP) is 4.01. The smallest absolute Gasteiger partial charge is 0.305 e. The van der Waals surface area contributed by atoms with Crippen LogP contribution >= 0.6 is 0 Å². The largest absolute Gasteiger partial charge is 0.465 e. The second kappa shape index (κ2) is 23.5. The molecule has 0 aromatic carbocycles. The number of nitrogens with one attached hydrogen (secondary N) is 1. The number of aliphatic hydroxyl groups excluding tert-OH is 1. The van der Waals surface area contributed by atoms with Crippen LogP contribution in [0.2, 0.25) is 0 Å². The maximum absolute atomic E-state index is 12.0. The lowest BCUT2D eigenvalue weighted by atomic mass is 10.1.